The Morgan fingerprint density at radius 1 is 1.00 bits per heavy atom. The Hall–Kier alpha value is -3.45. The number of fused-ring (bicyclic) bond motifs is 1. The van der Waals surface area contributed by atoms with Crippen LogP contribution in [0, 0.1) is 0 Å². The third-order valence-electron chi connectivity index (χ3n) is 6.54. The second kappa shape index (κ2) is 10.4. The summed E-state index contributed by atoms with van der Waals surface area (Å²) < 4.78 is 11.0. The summed E-state index contributed by atoms with van der Waals surface area (Å²) in [5.74, 6) is 0.111. The van der Waals surface area contributed by atoms with Crippen LogP contribution in [-0.4, -0.2) is 56.2 Å². The number of benzene rings is 3. The molecule has 0 saturated heterocycles. The first-order chi connectivity index (χ1) is 16.9. The lowest BCUT2D eigenvalue weighted by Crippen LogP contribution is -2.46. The average Bonchev–Trinajstić information content (AvgIpc) is 2.90. The lowest BCUT2D eigenvalue weighted by Gasteiger charge is -2.41. The summed E-state index contributed by atoms with van der Waals surface area (Å²) in [6.07, 6.45) is 2.02. The molecule has 0 bridgehead atoms. The SMILES string of the molecule is COc1cc2c(cc1OC)[C@@H](C(=O)N(C)Cc1ccccc1)[C@@H](c1ccc(SC)cc1)N(C)C2=O. The summed E-state index contributed by atoms with van der Waals surface area (Å²) in [4.78, 5) is 32.1. The van der Waals surface area contributed by atoms with Crippen molar-refractivity contribution in [3.05, 3.63) is 89.0 Å². The zero-order valence-electron chi connectivity index (χ0n) is 20.6. The summed E-state index contributed by atoms with van der Waals surface area (Å²) >= 11 is 1.65. The molecule has 3 aromatic carbocycles. The Kier molecular flexibility index (Phi) is 7.36. The van der Waals surface area contributed by atoms with Gasteiger partial charge in [0.15, 0.2) is 11.5 Å². The first-order valence-electron chi connectivity index (χ1n) is 11.4. The minimum Gasteiger partial charge on any atom is -0.493 e. The highest BCUT2D eigenvalue weighted by Crippen LogP contribution is 2.46. The van der Waals surface area contributed by atoms with Crippen molar-refractivity contribution in [2.45, 2.75) is 23.4 Å². The van der Waals surface area contributed by atoms with Crippen LogP contribution in [0.5, 0.6) is 11.5 Å². The fourth-order valence-corrected chi connectivity index (χ4v) is 5.11. The zero-order chi connectivity index (χ0) is 25.1. The minimum atomic E-state index is -0.610. The molecule has 0 unspecified atom stereocenters. The van der Waals surface area contributed by atoms with Crippen LogP contribution in [0.3, 0.4) is 0 Å². The van der Waals surface area contributed by atoms with Gasteiger partial charge in [0, 0.05) is 31.1 Å². The fourth-order valence-electron chi connectivity index (χ4n) is 4.71. The number of thioether (sulfide) groups is 1. The van der Waals surface area contributed by atoms with E-state index in [4.69, 9.17) is 9.47 Å². The molecule has 0 saturated carbocycles. The molecule has 4 rings (SSSR count). The summed E-state index contributed by atoms with van der Waals surface area (Å²) in [6.45, 7) is 0.467. The molecule has 1 aliphatic heterocycles. The predicted octanol–water partition coefficient (Wildman–Crippen LogP) is 4.99. The smallest absolute Gasteiger partial charge is 0.254 e. The molecule has 7 heteroatoms. The maximum Gasteiger partial charge on any atom is 0.254 e. The number of methoxy groups -OCH3 is 2. The summed E-state index contributed by atoms with van der Waals surface area (Å²) in [7, 11) is 6.65. The predicted molar refractivity (Wildman–Crippen MR) is 138 cm³/mol. The van der Waals surface area contributed by atoms with Crippen molar-refractivity contribution in [3.8, 4) is 11.5 Å². The van der Waals surface area contributed by atoms with Crippen LogP contribution in [0.25, 0.3) is 0 Å². The first kappa shape index (κ1) is 24.7. The van der Waals surface area contributed by atoms with E-state index in [2.05, 4.69) is 0 Å². The van der Waals surface area contributed by atoms with E-state index in [-0.39, 0.29) is 11.8 Å². The number of hydrogen-bond donors (Lipinski definition) is 0. The summed E-state index contributed by atoms with van der Waals surface area (Å²) in [6, 6.07) is 20.9. The molecule has 0 spiro atoms. The quantitative estimate of drug-likeness (QED) is 0.437. The maximum atomic E-state index is 14.1. The monoisotopic (exact) mass is 490 g/mol. The van der Waals surface area contributed by atoms with E-state index < -0.39 is 12.0 Å². The number of amides is 2. The Morgan fingerprint density at radius 3 is 2.23 bits per heavy atom. The maximum absolute atomic E-state index is 14.1. The first-order valence-corrected chi connectivity index (χ1v) is 12.6. The van der Waals surface area contributed by atoms with E-state index in [0.717, 1.165) is 16.0 Å². The molecule has 1 aliphatic rings. The highest BCUT2D eigenvalue weighted by atomic mass is 32.2. The van der Waals surface area contributed by atoms with Gasteiger partial charge < -0.3 is 19.3 Å². The van der Waals surface area contributed by atoms with Gasteiger partial charge in [-0.3, -0.25) is 9.59 Å². The van der Waals surface area contributed by atoms with Gasteiger partial charge >= 0.3 is 0 Å². The van der Waals surface area contributed by atoms with Gasteiger partial charge in [-0.25, -0.2) is 0 Å². The van der Waals surface area contributed by atoms with Crippen molar-refractivity contribution in [2.24, 2.45) is 0 Å². The fraction of sp³-hybridized carbons (Fsp3) is 0.286. The lowest BCUT2D eigenvalue weighted by atomic mass is 9.79. The molecule has 2 atom stereocenters. The molecular formula is C28H30N2O4S. The van der Waals surface area contributed by atoms with Crippen LogP contribution in [-0.2, 0) is 11.3 Å². The van der Waals surface area contributed by atoms with Gasteiger partial charge in [-0.1, -0.05) is 42.5 Å². The largest absolute Gasteiger partial charge is 0.493 e. The highest BCUT2D eigenvalue weighted by Gasteiger charge is 2.44. The Morgan fingerprint density at radius 2 is 1.63 bits per heavy atom. The Labute approximate surface area is 210 Å². The molecule has 0 fully saturated rings. The number of hydrogen-bond acceptors (Lipinski definition) is 5. The number of likely N-dealkylation sites (N-methyl/N-ethyl adjacent to an activating group) is 2. The van der Waals surface area contributed by atoms with Crippen molar-refractivity contribution in [1.29, 1.82) is 0 Å². The summed E-state index contributed by atoms with van der Waals surface area (Å²) in [5.41, 5.74) is 3.05. The van der Waals surface area contributed by atoms with Crippen LogP contribution >= 0.6 is 11.8 Å². The van der Waals surface area contributed by atoms with E-state index >= 15 is 0 Å². The normalized spacial score (nSPS) is 17.1. The number of nitrogens with zero attached hydrogens (tertiary/aromatic N) is 2. The van der Waals surface area contributed by atoms with Crippen LogP contribution in [0.2, 0.25) is 0 Å². The van der Waals surface area contributed by atoms with Crippen molar-refractivity contribution >= 4 is 23.6 Å². The molecule has 3 aromatic rings. The van der Waals surface area contributed by atoms with Gasteiger partial charge in [0.05, 0.1) is 26.2 Å². The molecule has 0 aromatic heterocycles. The second-order valence-electron chi connectivity index (χ2n) is 8.59. The third-order valence-corrected chi connectivity index (χ3v) is 7.28. The average molecular weight is 491 g/mol. The topological polar surface area (TPSA) is 59.1 Å². The van der Waals surface area contributed by atoms with Gasteiger partial charge in [-0.05, 0) is 47.2 Å². The molecule has 0 N–H and O–H groups in total. The van der Waals surface area contributed by atoms with Gasteiger partial charge in [0.25, 0.3) is 5.91 Å². The van der Waals surface area contributed by atoms with E-state index in [1.54, 1.807) is 54.9 Å². The minimum absolute atomic E-state index is 0.0689. The van der Waals surface area contributed by atoms with E-state index in [1.807, 2.05) is 60.9 Å². The lowest BCUT2D eigenvalue weighted by molar-refractivity contribution is -0.133. The molecule has 2 amide bonds. The van der Waals surface area contributed by atoms with Gasteiger partial charge in [-0.2, -0.15) is 0 Å². The Balaban J connectivity index is 1.85. The van der Waals surface area contributed by atoms with Crippen LogP contribution in [0.15, 0.2) is 71.6 Å². The van der Waals surface area contributed by atoms with Crippen molar-refractivity contribution in [1.82, 2.24) is 9.80 Å². The van der Waals surface area contributed by atoms with Crippen LogP contribution in [0.1, 0.15) is 39.0 Å². The van der Waals surface area contributed by atoms with E-state index in [0.29, 0.717) is 29.2 Å². The Bertz CT molecular complexity index is 1210. The number of carbonyl (C=O) groups excluding carboxylic acids is 2. The molecule has 1 heterocycles. The molecule has 0 radical (unpaired) electrons. The van der Waals surface area contributed by atoms with Crippen LogP contribution in [0.4, 0.5) is 0 Å². The number of ether oxygens (including phenoxy) is 2. The van der Waals surface area contributed by atoms with Gasteiger partial charge in [0.1, 0.15) is 0 Å². The third kappa shape index (κ3) is 4.73. The summed E-state index contributed by atoms with van der Waals surface area (Å²) in [5, 5.41) is 0. The standard InChI is InChI=1S/C28H30N2O4S/c1-29(17-18-9-7-6-8-10-18)28(32)25-21-15-23(33-3)24(34-4)16-22(21)27(31)30(2)26(25)19-11-13-20(35-5)14-12-19/h6-16,25-26H,17H2,1-5H3/t25-,26-/m1/s1. The zero-order valence-corrected chi connectivity index (χ0v) is 21.5. The molecule has 182 valence electrons. The van der Waals surface area contributed by atoms with Crippen molar-refractivity contribution in [2.75, 3.05) is 34.6 Å². The molecular weight excluding hydrogens is 460 g/mol. The highest BCUT2D eigenvalue weighted by molar-refractivity contribution is 7.98. The van der Waals surface area contributed by atoms with Crippen LogP contribution < -0.4 is 9.47 Å². The second-order valence-corrected chi connectivity index (χ2v) is 9.47. The van der Waals surface area contributed by atoms with Crippen molar-refractivity contribution < 1.29 is 19.1 Å². The molecule has 0 aliphatic carbocycles. The number of rotatable bonds is 7. The van der Waals surface area contributed by atoms with Crippen molar-refractivity contribution in [3.63, 3.8) is 0 Å². The van der Waals surface area contributed by atoms with Gasteiger partial charge in [0.2, 0.25) is 5.91 Å². The van der Waals surface area contributed by atoms with E-state index in [9.17, 15) is 9.59 Å². The molecule has 6 nitrogen and oxygen atoms in total. The van der Waals surface area contributed by atoms with E-state index in [1.165, 1.54) is 7.11 Å². The number of carbonyl (C=O) groups is 2. The molecule has 35 heavy (non-hydrogen) atoms. The van der Waals surface area contributed by atoms with Gasteiger partial charge in [-0.15, -0.1) is 11.8 Å².